The van der Waals surface area contributed by atoms with Crippen LogP contribution in [0.1, 0.15) is 42.1 Å². The molecule has 1 amide bonds. The predicted octanol–water partition coefficient (Wildman–Crippen LogP) is 3.20. The number of hydrogen-bond donors (Lipinski definition) is 1. The second kappa shape index (κ2) is 8.92. The Bertz CT molecular complexity index is 1020. The quantitative estimate of drug-likeness (QED) is 0.669. The molecule has 0 aliphatic carbocycles. The van der Waals surface area contributed by atoms with Crippen molar-refractivity contribution in [1.29, 1.82) is 0 Å². The molecule has 1 atom stereocenters. The number of amides is 1. The number of benzene rings is 2. The Balaban J connectivity index is 1.59. The third-order valence-electron chi connectivity index (χ3n) is 6.58. The molecule has 1 saturated heterocycles. The second-order valence-electron chi connectivity index (χ2n) is 8.72. The molecule has 0 radical (unpaired) electrons. The molecule has 32 heavy (non-hydrogen) atoms. The maximum absolute atomic E-state index is 13.5. The van der Waals surface area contributed by atoms with Gasteiger partial charge in [0.1, 0.15) is 0 Å². The topological polar surface area (TPSA) is 79.3 Å². The summed E-state index contributed by atoms with van der Waals surface area (Å²) < 4.78 is 10.5. The van der Waals surface area contributed by atoms with E-state index in [2.05, 4.69) is 11.8 Å². The van der Waals surface area contributed by atoms with Crippen molar-refractivity contribution in [2.24, 2.45) is 5.92 Å². The van der Waals surface area contributed by atoms with Crippen LogP contribution in [0.3, 0.4) is 0 Å². The molecule has 2 aromatic rings. The van der Waals surface area contributed by atoms with Gasteiger partial charge in [-0.1, -0.05) is 25.1 Å². The maximum atomic E-state index is 13.5. The molecule has 1 N–H and O–H groups in total. The van der Waals surface area contributed by atoms with Gasteiger partial charge in [-0.3, -0.25) is 19.4 Å². The summed E-state index contributed by atoms with van der Waals surface area (Å²) in [6.07, 6.45) is 1.84. The molecule has 1 unspecified atom stereocenters. The summed E-state index contributed by atoms with van der Waals surface area (Å²) in [5.41, 5.74) is -0.406. The lowest BCUT2D eigenvalue weighted by molar-refractivity contribution is -0.136. The fourth-order valence-corrected chi connectivity index (χ4v) is 4.57. The average molecular weight is 439 g/mol. The molecule has 1 fully saturated rings. The van der Waals surface area contributed by atoms with Crippen LogP contribution in [0, 0.1) is 5.92 Å². The van der Waals surface area contributed by atoms with Crippen molar-refractivity contribution in [1.82, 2.24) is 4.90 Å². The first-order chi connectivity index (χ1) is 15.4. The maximum Gasteiger partial charge on any atom is 0.265 e. The van der Waals surface area contributed by atoms with Gasteiger partial charge in [0, 0.05) is 24.2 Å². The fourth-order valence-electron chi connectivity index (χ4n) is 4.57. The van der Waals surface area contributed by atoms with Crippen molar-refractivity contribution in [3.8, 4) is 11.5 Å². The normalized spacial score (nSPS) is 21.5. The number of fused-ring (bicyclic) bond motifs is 1. The van der Waals surface area contributed by atoms with Crippen LogP contribution < -0.4 is 14.4 Å². The van der Waals surface area contributed by atoms with Crippen LogP contribution in [0.5, 0.6) is 11.5 Å². The van der Waals surface area contributed by atoms with Crippen molar-refractivity contribution in [2.45, 2.75) is 31.8 Å². The molecule has 7 heteroatoms. The fraction of sp³-hybridized carbons (Fsp3) is 0.440. The molecule has 0 bridgehead atoms. The Kier molecular flexibility index (Phi) is 6.22. The summed E-state index contributed by atoms with van der Waals surface area (Å²) in [5.74, 6) is 0.816. The Morgan fingerprint density at radius 3 is 2.47 bits per heavy atom. The van der Waals surface area contributed by atoms with Gasteiger partial charge in [0.15, 0.2) is 22.9 Å². The standard InChI is InChI=1S/C25H30N2O5/c1-17-10-12-26(13-11-17)16-27-20-7-5-4-6-19(20)25(30,24(27)29)15-21(28)18-8-9-22(31-2)23(14-18)32-3/h4-9,14,17,30H,10-13,15-16H2,1-3H3. The van der Waals surface area contributed by atoms with Crippen molar-refractivity contribution in [3.63, 3.8) is 0 Å². The molecule has 0 aromatic heterocycles. The van der Waals surface area contributed by atoms with E-state index < -0.39 is 11.5 Å². The molecule has 2 heterocycles. The van der Waals surface area contributed by atoms with Crippen molar-refractivity contribution < 1.29 is 24.2 Å². The van der Waals surface area contributed by atoms with Gasteiger partial charge in [0.25, 0.3) is 5.91 Å². The van der Waals surface area contributed by atoms with Gasteiger partial charge in [0.2, 0.25) is 0 Å². The summed E-state index contributed by atoms with van der Waals surface area (Å²) in [6, 6.07) is 12.0. The first-order valence-electron chi connectivity index (χ1n) is 11.0. The number of Topliss-reactive ketones (excluding diaryl/α,β-unsaturated/α-hetero) is 1. The van der Waals surface area contributed by atoms with Gasteiger partial charge in [-0.2, -0.15) is 0 Å². The molecular formula is C25H30N2O5. The van der Waals surface area contributed by atoms with E-state index in [4.69, 9.17) is 9.47 Å². The van der Waals surface area contributed by atoms with Crippen LogP contribution in [0.4, 0.5) is 5.69 Å². The number of carbonyl (C=O) groups excluding carboxylic acids is 2. The van der Waals surface area contributed by atoms with Gasteiger partial charge in [-0.05, 0) is 43.0 Å². The van der Waals surface area contributed by atoms with E-state index in [-0.39, 0.29) is 12.2 Å². The summed E-state index contributed by atoms with van der Waals surface area (Å²) in [4.78, 5) is 30.4. The Labute approximate surface area is 188 Å². The number of para-hydroxylation sites is 1. The van der Waals surface area contributed by atoms with Gasteiger partial charge in [-0.15, -0.1) is 0 Å². The SMILES string of the molecule is COc1ccc(C(=O)CC2(O)C(=O)N(CN3CCC(C)CC3)c3ccccc32)cc1OC. The van der Waals surface area contributed by atoms with Crippen LogP contribution in [0.15, 0.2) is 42.5 Å². The van der Waals surface area contributed by atoms with Crippen LogP contribution in [-0.4, -0.2) is 55.7 Å². The second-order valence-corrected chi connectivity index (χ2v) is 8.72. The van der Waals surface area contributed by atoms with Gasteiger partial charge in [0.05, 0.1) is 33.0 Å². The highest BCUT2D eigenvalue weighted by molar-refractivity contribution is 6.10. The number of aliphatic hydroxyl groups is 1. The monoisotopic (exact) mass is 438 g/mol. The smallest absolute Gasteiger partial charge is 0.265 e. The van der Waals surface area contributed by atoms with E-state index in [1.165, 1.54) is 14.2 Å². The van der Waals surface area contributed by atoms with Gasteiger partial charge >= 0.3 is 0 Å². The minimum Gasteiger partial charge on any atom is -0.493 e. The van der Waals surface area contributed by atoms with Crippen molar-refractivity contribution in [3.05, 3.63) is 53.6 Å². The largest absolute Gasteiger partial charge is 0.493 e. The molecule has 170 valence electrons. The van der Waals surface area contributed by atoms with E-state index in [9.17, 15) is 14.7 Å². The lowest BCUT2D eigenvalue weighted by atomic mass is 9.88. The summed E-state index contributed by atoms with van der Waals surface area (Å²) >= 11 is 0. The summed E-state index contributed by atoms with van der Waals surface area (Å²) in [6.45, 7) is 4.48. The number of ketones is 1. The van der Waals surface area contributed by atoms with Crippen molar-refractivity contribution in [2.75, 3.05) is 38.9 Å². The highest BCUT2D eigenvalue weighted by Crippen LogP contribution is 2.43. The minimum absolute atomic E-state index is 0.341. The molecule has 2 aromatic carbocycles. The lowest BCUT2D eigenvalue weighted by Gasteiger charge is -2.34. The van der Waals surface area contributed by atoms with E-state index in [0.29, 0.717) is 40.9 Å². The summed E-state index contributed by atoms with van der Waals surface area (Å²) in [5, 5.41) is 11.5. The summed E-state index contributed by atoms with van der Waals surface area (Å²) in [7, 11) is 3.02. The number of carbonyl (C=O) groups is 2. The van der Waals surface area contributed by atoms with E-state index in [1.807, 2.05) is 12.1 Å². The highest BCUT2D eigenvalue weighted by Gasteiger charge is 2.51. The Hall–Kier alpha value is -2.90. The number of anilines is 1. The van der Waals surface area contributed by atoms with E-state index >= 15 is 0 Å². The molecule has 0 saturated carbocycles. The number of likely N-dealkylation sites (tertiary alicyclic amines) is 1. The lowest BCUT2D eigenvalue weighted by Crippen LogP contribution is -2.48. The third kappa shape index (κ3) is 3.98. The molecular weight excluding hydrogens is 408 g/mol. The van der Waals surface area contributed by atoms with Crippen molar-refractivity contribution >= 4 is 17.4 Å². The van der Waals surface area contributed by atoms with E-state index in [0.717, 1.165) is 25.9 Å². The first-order valence-corrected chi connectivity index (χ1v) is 11.0. The molecule has 7 nitrogen and oxygen atoms in total. The molecule has 2 aliphatic rings. The Morgan fingerprint density at radius 2 is 1.78 bits per heavy atom. The number of methoxy groups -OCH3 is 2. The van der Waals surface area contributed by atoms with Crippen LogP contribution >= 0.6 is 0 Å². The molecule has 4 rings (SSSR count). The zero-order valence-corrected chi connectivity index (χ0v) is 18.8. The molecule has 0 spiro atoms. The van der Waals surface area contributed by atoms with Crippen LogP contribution in [0.25, 0.3) is 0 Å². The number of rotatable bonds is 7. The van der Waals surface area contributed by atoms with Gasteiger partial charge < -0.3 is 14.6 Å². The number of hydrogen-bond acceptors (Lipinski definition) is 6. The van der Waals surface area contributed by atoms with E-state index in [1.54, 1.807) is 35.2 Å². The number of ether oxygens (including phenoxy) is 2. The first kappa shape index (κ1) is 22.3. The average Bonchev–Trinajstić information content (AvgIpc) is 3.01. The highest BCUT2D eigenvalue weighted by atomic mass is 16.5. The molecule has 2 aliphatic heterocycles. The van der Waals surface area contributed by atoms with Crippen LogP contribution in [-0.2, 0) is 10.4 Å². The van der Waals surface area contributed by atoms with Crippen LogP contribution in [0.2, 0.25) is 0 Å². The predicted molar refractivity (Wildman–Crippen MR) is 121 cm³/mol. The number of nitrogens with zero attached hydrogens (tertiary/aromatic N) is 2. The zero-order valence-electron chi connectivity index (χ0n) is 18.8. The van der Waals surface area contributed by atoms with Gasteiger partial charge in [-0.25, -0.2) is 0 Å². The zero-order chi connectivity index (χ0) is 22.9. The minimum atomic E-state index is -1.90. The Morgan fingerprint density at radius 1 is 1.09 bits per heavy atom. The third-order valence-corrected chi connectivity index (χ3v) is 6.58. The number of piperidine rings is 1.